The lowest BCUT2D eigenvalue weighted by atomic mass is 10.1. The Morgan fingerprint density at radius 1 is 0.952 bits per heavy atom. The zero-order valence-corrected chi connectivity index (χ0v) is 13.9. The second-order valence-corrected chi connectivity index (χ2v) is 5.74. The summed E-state index contributed by atoms with van der Waals surface area (Å²) in [6, 6.07) is 3.61. The third-order valence-corrected chi connectivity index (χ3v) is 2.88. The summed E-state index contributed by atoms with van der Waals surface area (Å²) in [5, 5.41) is 3.42. The van der Waals surface area contributed by atoms with Gasteiger partial charge in [0.15, 0.2) is 11.5 Å². The van der Waals surface area contributed by atoms with Crippen molar-refractivity contribution in [1.82, 2.24) is 5.32 Å². The van der Waals surface area contributed by atoms with Gasteiger partial charge in [0.2, 0.25) is 5.75 Å². The first kappa shape index (κ1) is 17.4. The van der Waals surface area contributed by atoms with Gasteiger partial charge in [0.1, 0.15) is 5.75 Å². The predicted octanol–water partition coefficient (Wildman–Crippen LogP) is 2.87. The minimum absolute atomic E-state index is 0.132. The van der Waals surface area contributed by atoms with Gasteiger partial charge in [-0.25, -0.2) is 0 Å². The quantitative estimate of drug-likeness (QED) is 0.748. The van der Waals surface area contributed by atoms with Gasteiger partial charge in [-0.2, -0.15) is 0 Å². The van der Waals surface area contributed by atoms with Crippen molar-refractivity contribution in [3.05, 3.63) is 12.1 Å². The van der Waals surface area contributed by atoms with E-state index in [4.69, 9.17) is 18.9 Å². The normalized spacial score (nSPS) is 11.1. The Labute approximate surface area is 127 Å². The van der Waals surface area contributed by atoms with Crippen molar-refractivity contribution in [2.24, 2.45) is 0 Å². The fourth-order valence-electron chi connectivity index (χ4n) is 1.87. The number of hydrogen-bond donors (Lipinski definition) is 1. The highest BCUT2D eigenvalue weighted by Crippen LogP contribution is 2.40. The van der Waals surface area contributed by atoms with E-state index in [-0.39, 0.29) is 5.54 Å². The van der Waals surface area contributed by atoms with Gasteiger partial charge in [-0.1, -0.05) is 0 Å². The first-order valence-corrected chi connectivity index (χ1v) is 7.09. The number of benzene rings is 1. The van der Waals surface area contributed by atoms with Gasteiger partial charge in [-0.3, -0.25) is 0 Å². The van der Waals surface area contributed by atoms with E-state index in [1.54, 1.807) is 33.5 Å². The SMILES string of the molecule is COc1cc(OCCCNC(C)(C)C)cc(OC)c1OC. The molecule has 0 amide bonds. The molecule has 0 saturated carbocycles. The van der Waals surface area contributed by atoms with Gasteiger partial charge >= 0.3 is 0 Å². The Hall–Kier alpha value is -1.62. The molecule has 0 fully saturated rings. The molecule has 0 bridgehead atoms. The molecule has 0 heterocycles. The minimum atomic E-state index is 0.132. The van der Waals surface area contributed by atoms with Crippen LogP contribution in [0.2, 0.25) is 0 Å². The van der Waals surface area contributed by atoms with Crippen molar-refractivity contribution >= 4 is 0 Å². The molecule has 0 atom stereocenters. The summed E-state index contributed by atoms with van der Waals surface area (Å²) in [4.78, 5) is 0. The predicted molar refractivity (Wildman–Crippen MR) is 84.0 cm³/mol. The van der Waals surface area contributed by atoms with Crippen LogP contribution in [-0.2, 0) is 0 Å². The lowest BCUT2D eigenvalue weighted by Gasteiger charge is -2.20. The van der Waals surface area contributed by atoms with Crippen LogP contribution in [0.1, 0.15) is 27.2 Å². The summed E-state index contributed by atoms with van der Waals surface area (Å²) in [5.74, 6) is 2.47. The zero-order valence-electron chi connectivity index (χ0n) is 13.9. The monoisotopic (exact) mass is 297 g/mol. The molecule has 0 aliphatic heterocycles. The minimum Gasteiger partial charge on any atom is -0.493 e. The van der Waals surface area contributed by atoms with Crippen LogP contribution in [0.4, 0.5) is 0 Å². The summed E-state index contributed by atoms with van der Waals surface area (Å²) in [5.41, 5.74) is 0.132. The Bertz CT molecular complexity index is 415. The van der Waals surface area contributed by atoms with Crippen molar-refractivity contribution in [3.63, 3.8) is 0 Å². The number of methoxy groups -OCH3 is 3. The van der Waals surface area contributed by atoms with Gasteiger partial charge in [-0.15, -0.1) is 0 Å². The molecule has 1 rings (SSSR count). The molecule has 0 unspecified atom stereocenters. The summed E-state index contributed by atoms with van der Waals surface area (Å²) in [6.45, 7) is 7.98. The molecule has 0 spiro atoms. The molecule has 0 saturated heterocycles. The van der Waals surface area contributed by atoms with Crippen LogP contribution in [0.3, 0.4) is 0 Å². The smallest absolute Gasteiger partial charge is 0.203 e. The van der Waals surface area contributed by atoms with Gasteiger partial charge in [0.05, 0.1) is 27.9 Å². The topological polar surface area (TPSA) is 49.0 Å². The van der Waals surface area contributed by atoms with Crippen LogP contribution < -0.4 is 24.3 Å². The van der Waals surface area contributed by atoms with Gasteiger partial charge in [0.25, 0.3) is 0 Å². The largest absolute Gasteiger partial charge is 0.493 e. The van der Waals surface area contributed by atoms with Crippen molar-refractivity contribution in [3.8, 4) is 23.0 Å². The molecule has 5 heteroatoms. The number of nitrogens with one attached hydrogen (secondary N) is 1. The maximum Gasteiger partial charge on any atom is 0.203 e. The first-order valence-electron chi connectivity index (χ1n) is 7.09. The highest BCUT2D eigenvalue weighted by atomic mass is 16.5. The van der Waals surface area contributed by atoms with E-state index >= 15 is 0 Å². The molecule has 0 radical (unpaired) electrons. The molecule has 21 heavy (non-hydrogen) atoms. The van der Waals surface area contributed by atoms with E-state index in [1.165, 1.54) is 0 Å². The second-order valence-electron chi connectivity index (χ2n) is 5.74. The van der Waals surface area contributed by atoms with Crippen LogP contribution in [0.25, 0.3) is 0 Å². The van der Waals surface area contributed by atoms with Crippen molar-refractivity contribution in [2.45, 2.75) is 32.7 Å². The Kier molecular flexibility index (Phi) is 6.62. The summed E-state index contributed by atoms with van der Waals surface area (Å²) in [7, 11) is 4.77. The van der Waals surface area contributed by atoms with Gasteiger partial charge in [0, 0.05) is 17.7 Å². The van der Waals surface area contributed by atoms with Crippen molar-refractivity contribution < 1.29 is 18.9 Å². The fourth-order valence-corrected chi connectivity index (χ4v) is 1.87. The average molecular weight is 297 g/mol. The number of ether oxygens (including phenoxy) is 4. The van der Waals surface area contributed by atoms with Crippen LogP contribution >= 0.6 is 0 Å². The molecule has 1 N–H and O–H groups in total. The van der Waals surface area contributed by atoms with E-state index in [2.05, 4.69) is 26.1 Å². The van der Waals surface area contributed by atoms with Crippen molar-refractivity contribution in [1.29, 1.82) is 0 Å². The molecule has 0 aromatic heterocycles. The third-order valence-electron chi connectivity index (χ3n) is 2.88. The van der Waals surface area contributed by atoms with Crippen LogP contribution in [0, 0.1) is 0 Å². The Balaban J connectivity index is 2.59. The Morgan fingerprint density at radius 2 is 1.52 bits per heavy atom. The average Bonchev–Trinajstić information content (AvgIpc) is 2.44. The summed E-state index contributed by atoms with van der Waals surface area (Å²) < 4.78 is 21.6. The molecule has 120 valence electrons. The maximum absolute atomic E-state index is 5.75. The highest BCUT2D eigenvalue weighted by Gasteiger charge is 2.14. The first-order chi connectivity index (χ1) is 9.91. The molecule has 1 aromatic rings. The van der Waals surface area contributed by atoms with E-state index in [1.807, 2.05) is 0 Å². The fraction of sp³-hybridized carbons (Fsp3) is 0.625. The van der Waals surface area contributed by atoms with Crippen LogP contribution in [0.15, 0.2) is 12.1 Å². The number of rotatable bonds is 8. The van der Waals surface area contributed by atoms with E-state index in [0.29, 0.717) is 29.6 Å². The molecule has 1 aromatic carbocycles. The molecule has 0 aliphatic rings. The zero-order chi connectivity index (χ0) is 15.9. The lowest BCUT2D eigenvalue weighted by molar-refractivity contribution is 0.287. The lowest BCUT2D eigenvalue weighted by Crippen LogP contribution is -2.36. The van der Waals surface area contributed by atoms with E-state index in [9.17, 15) is 0 Å². The summed E-state index contributed by atoms with van der Waals surface area (Å²) in [6.07, 6.45) is 0.925. The molecular formula is C16H27NO4. The standard InChI is InChI=1S/C16H27NO4/c1-16(2,3)17-8-7-9-21-12-10-13(18-4)15(20-6)14(11-12)19-5/h10-11,17H,7-9H2,1-6H3. The van der Waals surface area contributed by atoms with Gasteiger partial charge in [-0.05, 0) is 33.7 Å². The third kappa shape index (κ3) is 5.71. The van der Waals surface area contributed by atoms with Crippen LogP contribution in [0.5, 0.6) is 23.0 Å². The van der Waals surface area contributed by atoms with Crippen molar-refractivity contribution in [2.75, 3.05) is 34.5 Å². The molecular weight excluding hydrogens is 270 g/mol. The Morgan fingerprint density at radius 3 is 1.95 bits per heavy atom. The molecule has 0 aliphatic carbocycles. The number of hydrogen-bond acceptors (Lipinski definition) is 5. The van der Waals surface area contributed by atoms with E-state index < -0.39 is 0 Å². The van der Waals surface area contributed by atoms with Crippen LogP contribution in [-0.4, -0.2) is 40.0 Å². The second kappa shape index (κ2) is 7.98. The maximum atomic E-state index is 5.75. The highest BCUT2D eigenvalue weighted by molar-refractivity contribution is 5.55. The van der Waals surface area contributed by atoms with E-state index in [0.717, 1.165) is 13.0 Å². The molecule has 5 nitrogen and oxygen atoms in total. The summed E-state index contributed by atoms with van der Waals surface area (Å²) >= 11 is 0. The van der Waals surface area contributed by atoms with Gasteiger partial charge < -0.3 is 24.3 Å².